The van der Waals surface area contributed by atoms with Crippen LogP contribution < -0.4 is 10.6 Å². The highest BCUT2D eigenvalue weighted by Crippen LogP contribution is 2.33. The molecule has 3 nitrogen and oxygen atoms in total. The standard InChI is InChI=1S/C18H29N3/c1-3-13-7-9-16(10-8-13)21(2)18-15(12-19)11-14-5-4-6-17(14)20-18/h11,13,16H,3-10,12,19H2,1-2H3. The highest BCUT2D eigenvalue weighted by Gasteiger charge is 2.26. The highest BCUT2D eigenvalue weighted by molar-refractivity contribution is 5.51. The Morgan fingerprint density at radius 3 is 2.67 bits per heavy atom. The first-order valence-electron chi connectivity index (χ1n) is 8.67. The van der Waals surface area contributed by atoms with Gasteiger partial charge in [0.05, 0.1) is 0 Å². The molecule has 1 saturated carbocycles. The van der Waals surface area contributed by atoms with Crippen molar-refractivity contribution in [3.05, 3.63) is 22.9 Å². The van der Waals surface area contributed by atoms with Crippen LogP contribution >= 0.6 is 0 Å². The predicted octanol–water partition coefficient (Wildman–Crippen LogP) is 3.43. The average molecular weight is 287 g/mol. The summed E-state index contributed by atoms with van der Waals surface area (Å²) in [7, 11) is 2.22. The van der Waals surface area contributed by atoms with Crippen LogP contribution in [0.1, 0.15) is 62.3 Å². The molecule has 3 rings (SSSR count). The van der Waals surface area contributed by atoms with Crippen LogP contribution in [0, 0.1) is 5.92 Å². The molecule has 0 atom stereocenters. The second-order valence-electron chi connectivity index (χ2n) is 6.83. The van der Waals surface area contributed by atoms with Crippen LogP contribution in [-0.4, -0.2) is 18.1 Å². The molecule has 116 valence electrons. The van der Waals surface area contributed by atoms with Crippen LogP contribution in [0.25, 0.3) is 0 Å². The van der Waals surface area contributed by atoms with Gasteiger partial charge < -0.3 is 10.6 Å². The summed E-state index contributed by atoms with van der Waals surface area (Å²) in [6.45, 7) is 2.92. The Morgan fingerprint density at radius 2 is 2.00 bits per heavy atom. The SMILES string of the molecule is CCC1CCC(N(C)c2nc3c(cc2CN)CCC3)CC1. The second-order valence-corrected chi connectivity index (χ2v) is 6.83. The summed E-state index contributed by atoms with van der Waals surface area (Å²) in [5.74, 6) is 2.09. The lowest BCUT2D eigenvalue weighted by Crippen LogP contribution is -2.36. The van der Waals surface area contributed by atoms with E-state index in [9.17, 15) is 0 Å². The van der Waals surface area contributed by atoms with E-state index in [-0.39, 0.29) is 0 Å². The zero-order valence-electron chi connectivity index (χ0n) is 13.6. The number of hydrogen-bond acceptors (Lipinski definition) is 3. The van der Waals surface area contributed by atoms with Gasteiger partial charge in [0.1, 0.15) is 5.82 Å². The summed E-state index contributed by atoms with van der Waals surface area (Å²) in [5.41, 5.74) is 9.97. The molecule has 2 aliphatic carbocycles. The maximum Gasteiger partial charge on any atom is 0.133 e. The molecule has 0 amide bonds. The third-order valence-electron chi connectivity index (χ3n) is 5.60. The number of anilines is 1. The third-order valence-corrected chi connectivity index (χ3v) is 5.60. The molecule has 0 unspecified atom stereocenters. The smallest absolute Gasteiger partial charge is 0.133 e. The van der Waals surface area contributed by atoms with Crippen LogP contribution in [0.3, 0.4) is 0 Å². The molecule has 0 saturated heterocycles. The zero-order chi connectivity index (χ0) is 14.8. The summed E-state index contributed by atoms with van der Waals surface area (Å²) in [6, 6.07) is 2.96. The number of aryl methyl sites for hydroxylation is 2. The monoisotopic (exact) mass is 287 g/mol. The second kappa shape index (κ2) is 6.35. The van der Waals surface area contributed by atoms with Gasteiger partial charge in [0.2, 0.25) is 0 Å². The first-order valence-corrected chi connectivity index (χ1v) is 8.67. The normalized spacial score (nSPS) is 24.9. The van der Waals surface area contributed by atoms with Crippen molar-refractivity contribution < 1.29 is 0 Å². The van der Waals surface area contributed by atoms with Crippen molar-refractivity contribution in [2.24, 2.45) is 11.7 Å². The number of nitrogens with zero attached hydrogens (tertiary/aromatic N) is 2. The molecule has 0 radical (unpaired) electrons. The Labute approximate surface area is 128 Å². The molecule has 1 aromatic heterocycles. The fourth-order valence-electron chi connectivity index (χ4n) is 4.08. The number of fused-ring (bicyclic) bond motifs is 1. The van der Waals surface area contributed by atoms with E-state index in [4.69, 9.17) is 10.7 Å². The largest absolute Gasteiger partial charge is 0.356 e. The molecule has 2 N–H and O–H groups in total. The van der Waals surface area contributed by atoms with Gasteiger partial charge in [-0.2, -0.15) is 0 Å². The minimum atomic E-state index is 0.601. The third kappa shape index (κ3) is 2.94. The fourth-order valence-corrected chi connectivity index (χ4v) is 4.08. The number of rotatable bonds is 4. The van der Waals surface area contributed by atoms with E-state index in [0.717, 1.165) is 18.2 Å². The Morgan fingerprint density at radius 1 is 1.24 bits per heavy atom. The van der Waals surface area contributed by atoms with Gasteiger partial charge in [-0.1, -0.05) is 13.3 Å². The van der Waals surface area contributed by atoms with Crippen molar-refractivity contribution in [1.82, 2.24) is 4.98 Å². The molecule has 3 heteroatoms. The van der Waals surface area contributed by atoms with Gasteiger partial charge in [0.25, 0.3) is 0 Å². The molecular weight excluding hydrogens is 258 g/mol. The van der Waals surface area contributed by atoms with Crippen LogP contribution in [0.15, 0.2) is 6.07 Å². The van der Waals surface area contributed by atoms with Crippen molar-refractivity contribution in [2.45, 2.75) is 70.9 Å². The molecule has 1 aromatic rings. The lowest BCUT2D eigenvalue weighted by molar-refractivity contribution is 0.312. The molecular formula is C18H29N3. The first-order chi connectivity index (χ1) is 10.2. The van der Waals surface area contributed by atoms with Gasteiger partial charge >= 0.3 is 0 Å². The van der Waals surface area contributed by atoms with Crippen molar-refractivity contribution in [3.63, 3.8) is 0 Å². The quantitative estimate of drug-likeness (QED) is 0.922. The van der Waals surface area contributed by atoms with E-state index in [1.165, 1.54) is 61.8 Å². The Balaban J connectivity index is 1.79. The summed E-state index contributed by atoms with van der Waals surface area (Å²) >= 11 is 0. The molecule has 0 aliphatic heterocycles. The topological polar surface area (TPSA) is 42.2 Å². The number of aromatic nitrogens is 1. The maximum absolute atomic E-state index is 5.99. The Bertz CT molecular complexity index is 489. The number of pyridine rings is 1. The zero-order valence-corrected chi connectivity index (χ0v) is 13.6. The number of hydrogen-bond donors (Lipinski definition) is 1. The van der Waals surface area contributed by atoms with Crippen molar-refractivity contribution >= 4 is 5.82 Å². The summed E-state index contributed by atoms with van der Waals surface area (Å²) in [5, 5.41) is 0. The van der Waals surface area contributed by atoms with Gasteiger partial charge in [-0.05, 0) is 62.5 Å². The van der Waals surface area contributed by atoms with E-state index in [1.807, 2.05) is 0 Å². The Hall–Kier alpha value is -1.09. The maximum atomic E-state index is 5.99. The van der Waals surface area contributed by atoms with E-state index < -0.39 is 0 Å². The molecule has 21 heavy (non-hydrogen) atoms. The highest BCUT2D eigenvalue weighted by atomic mass is 15.2. The summed E-state index contributed by atoms with van der Waals surface area (Å²) < 4.78 is 0. The van der Waals surface area contributed by atoms with Crippen LogP contribution in [-0.2, 0) is 19.4 Å². The molecule has 0 spiro atoms. The summed E-state index contributed by atoms with van der Waals surface area (Å²) in [6.07, 6.45) is 10.3. The molecule has 1 fully saturated rings. The van der Waals surface area contributed by atoms with Gasteiger partial charge in [-0.25, -0.2) is 4.98 Å². The minimum absolute atomic E-state index is 0.601. The van der Waals surface area contributed by atoms with Crippen molar-refractivity contribution in [2.75, 3.05) is 11.9 Å². The van der Waals surface area contributed by atoms with Gasteiger partial charge in [0.15, 0.2) is 0 Å². The average Bonchev–Trinajstić information content (AvgIpc) is 3.00. The molecule has 2 aliphatic rings. The number of nitrogens with two attached hydrogens (primary N) is 1. The van der Waals surface area contributed by atoms with Gasteiger partial charge in [0, 0.05) is 30.9 Å². The lowest BCUT2D eigenvalue weighted by atomic mass is 9.84. The van der Waals surface area contributed by atoms with Crippen molar-refractivity contribution in [1.29, 1.82) is 0 Å². The predicted molar refractivity (Wildman–Crippen MR) is 88.6 cm³/mol. The molecule has 0 bridgehead atoms. The van der Waals surface area contributed by atoms with Gasteiger partial charge in [-0.15, -0.1) is 0 Å². The van der Waals surface area contributed by atoms with Crippen molar-refractivity contribution in [3.8, 4) is 0 Å². The van der Waals surface area contributed by atoms with E-state index in [2.05, 4.69) is 24.9 Å². The van der Waals surface area contributed by atoms with Gasteiger partial charge in [-0.3, -0.25) is 0 Å². The molecule has 0 aromatic carbocycles. The first kappa shape index (κ1) is 14.8. The van der Waals surface area contributed by atoms with E-state index in [0.29, 0.717) is 12.6 Å². The molecule has 1 heterocycles. The van der Waals surface area contributed by atoms with E-state index in [1.54, 1.807) is 0 Å². The summed E-state index contributed by atoms with van der Waals surface area (Å²) in [4.78, 5) is 7.41. The van der Waals surface area contributed by atoms with Crippen LogP contribution in [0.2, 0.25) is 0 Å². The van der Waals surface area contributed by atoms with E-state index >= 15 is 0 Å². The van der Waals surface area contributed by atoms with Crippen LogP contribution in [0.5, 0.6) is 0 Å². The fraction of sp³-hybridized carbons (Fsp3) is 0.722. The lowest BCUT2D eigenvalue weighted by Gasteiger charge is -2.36. The van der Waals surface area contributed by atoms with Crippen LogP contribution in [0.4, 0.5) is 5.82 Å². The minimum Gasteiger partial charge on any atom is -0.356 e. The Kier molecular flexibility index (Phi) is 4.48.